The lowest BCUT2D eigenvalue weighted by Crippen LogP contribution is -2.33. The number of hydrogen-bond acceptors (Lipinski definition) is 3. The van der Waals surface area contributed by atoms with Gasteiger partial charge in [-0.1, -0.05) is 24.3 Å². The monoisotopic (exact) mass is 372 g/mol. The Labute approximate surface area is 157 Å². The van der Waals surface area contributed by atoms with E-state index in [1.54, 1.807) is 20.8 Å². The summed E-state index contributed by atoms with van der Waals surface area (Å²) in [6, 6.07) is 14.1. The van der Waals surface area contributed by atoms with Crippen LogP contribution in [0.5, 0.6) is 0 Å². The van der Waals surface area contributed by atoms with Crippen LogP contribution in [0.15, 0.2) is 42.5 Å². The maximum Gasteiger partial charge on any atom is 0.237 e. The number of nitrogens with one attached hydrogen (secondary N) is 2. The van der Waals surface area contributed by atoms with Gasteiger partial charge in [-0.3, -0.25) is 4.72 Å². The molecule has 0 heterocycles. The van der Waals surface area contributed by atoms with E-state index in [1.807, 2.05) is 24.3 Å². The van der Waals surface area contributed by atoms with Crippen molar-refractivity contribution >= 4 is 21.4 Å². The van der Waals surface area contributed by atoms with Crippen LogP contribution in [0.25, 0.3) is 0 Å². The third kappa shape index (κ3) is 4.21. The Hall–Kier alpha value is -2.01. The number of benzene rings is 2. The van der Waals surface area contributed by atoms with Crippen LogP contribution in [0.2, 0.25) is 0 Å². The standard InChI is InChI=1S/C21H28N2O2S/c1-21(2,3)26(24,25)23-18-13-11-16(12-14-18)15-22-20-10-6-8-17-7-4-5-9-19(17)20/h6,8,10-14,22-23H,4-5,7,9,15H2,1-3H3. The molecule has 2 N–H and O–H groups in total. The average molecular weight is 373 g/mol. The van der Waals surface area contributed by atoms with E-state index >= 15 is 0 Å². The third-order valence-corrected chi connectivity index (χ3v) is 7.01. The van der Waals surface area contributed by atoms with E-state index in [1.165, 1.54) is 36.1 Å². The molecule has 0 amide bonds. The topological polar surface area (TPSA) is 58.2 Å². The van der Waals surface area contributed by atoms with Crippen molar-refractivity contribution in [1.82, 2.24) is 0 Å². The van der Waals surface area contributed by atoms with E-state index in [0.29, 0.717) is 5.69 Å². The second kappa shape index (κ2) is 7.31. The Balaban J connectivity index is 1.66. The van der Waals surface area contributed by atoms with Gasteiger partial charge in [0.25, 0.3) is 0 Å². The number of aryl methyl sites for hydroxylation is 1. The molecule has 0 fully saturated rings. The van der Waals surface area contributed by atoms with Gasteiger partial charge in [0, 0.05) is 17.9 Å². The molecule has 3 rings (SSSR count). The fraction of sp³-hybridized carbons (Fsp3) is 0.429. The molecule has 5 heteroatoms. The molecule has 0 aromatic heterocycles. The van der Waals surface area contributed by atoms with E-state index < -0.39 is 14.8 Å². The molecule has 1 aliphatic carbocycles. The Morgan fingerprint density at radius 2 is 1.65 bits per heavy atom. The van der Waals surface area contributed by atoms with Gasteiger partial charge < -0.3 is 5.32 Å². The Morgan fingerprint density at radius 3 is 2.35 bits per heavy atom. The van der Waals surface area contributed by atoms with Gasteiger partial charge in [0.1, 0.15) is 0 Å². The van der Waals surface area contributed by atoms with Crippen LogP contribution < -0.4 is 10.0 Å². The van der Waals surface area contributed by atoms with Gasteiger partial charge in [0.2, 0.25) is 10.0 Å². The van der Waals surface area contributed by atoms with Crippen molar-refractivity contribution in [3.05, 3.63) is 59.2 Å². The molecule has 0 spiro atoms. The summed E-state index contributed by atoms with van der Waals surface area (Å²) < 4.78 is 26.3. The van der Waals surface area contributed by atoms with E-state index in [2.05, 4.69) is 28.2 Å². The van der Waals surface area contributed by atoms with Crippen LogP contribution in [0, 0.1) is 0 Å². The van der Waals surface area contributed by atoms with Gasteiger partial charge in [-0.05, 0) is 81.3 Å². The number of rotatable bonds is 5. The van der Waals surface area contributed by atoms with E-state index in [0.717, 1.165) is 18.5 Å². The predicted molar refractivity (Wildman–Crippen MR) is 109 cm³/mol. The SMILES string of the molecule is CC(C)(C)S(=O)(=O)Nc1ccc(CNc2cccc3c2CCCC3)cc1. The zero-order valence-electron chi connectivity index (χ0n) is 15.8. The van der Waals surface area contributed by atoms with E-state index in [4.69, 9.17) is 0 Å². The average Bonchev–Trinajstić information content (AvgIpc) is 2.60. The highest BCUT2D eigenvalue weighted by molar-refractivity contribution is 7.94. The summed E-state index contributed by atoms with van der Waals surface area (Å²) in [7, 11) is -3.39. The molecule has 140 valence electrons. The van der Waals surface area contributed by atoms with Gasteiger partial charge >= 0.3 is 0 Å². The summed E-state index contributed by atoms with van der Waals surface area (Å²) in [6.45, 7) is 5.79. The number of sulfonamides is 1. The zero-order chi connectivity index (χ0) is 18.8. The molecule has 0 saturated carbocycles. The molecule has 0 atom stereocenters. The lowest BCUT2D eigenvalue weighted by atomic mass is 9.90. The second-order valence-corrected chi connectivity index (χ2v) is 10.4. The third-order valence-electron chi connectivity index (χ3n) is 4.89. The fourth-order valence-corrected chi connectivity index (χ4v) is 3.90. The molecule has 2 aromatic rings. The molecule has 2 aromatic carbocycles. The van der Waals surface area contributed by atoms with Crippen LogP contribution >= 0.6 is 0 Å². The largest absolute Gasteiger partial charge is 0.381 e. The smallest absolute Gasteiger partial charge is 0.237 e. The van der Waals surface area contributed by atoms with Crippen molar-refractivity contribution in [2.75, 3.05) is 10.0 Å². The normalized spacial score (nSPS) is 14.6. The minimum absolute atomic E-state index is 0.598. The van der Waals surface area contributed by atoms with Gasteiger partial charge in [-0.2, -0.15) is 0 Å². The molecule has 0 radical (unpaired) electrons. The van der Waals surface area contributed by atoms with Crippen LogP contribution in [-0.4, -0.2) is 13.2 Å². The van der Waals surface area contributed by atoms with Gasteiger partial charge in [0.05, 0.1) is 4.75 Å². The van der Waals surface area contributed by atoms with Crippen molar-refractivity contribution in [3.8, 4) is 0 Å². The maximum atomic E-state index is 12.2. The van der Waals surface area contributed by atoms with Gasteiger partial charge in [-0.25, -0.2) is 8.42 Å². The molecule has 0 aliphatic heterocycles. The number of anilines is 2. The van der Waals surface area contributed by atoms with Crippen molar-refractivity contribution in [2.24, 2.45) is 0 Å². The highest BCUT2D eigenvalue weighted by atomic mass is 32.2. The first-order valence-electron chi connectivity index (χ1n) is 9.22. The van der Waals surface area contributed by atoms with E-state index in [-0.39, 0.29) is 0 Å². The highest BCUT2D eigenvalue weighted by Gasteiger charge is 2.28. The van der Waals surface area contributed by atoms with Crippen LogP contribution in [0.4, 0.5) is 11.4 Å². The van der Waals surface area contributed by atoms with Crippen LogP contribution in [0.1, 0.15) is 50.3 Å². The first-order valence-corrected chi connectivity index (χ1v) is 10.7. The Kier molecular flexibility index (Phi) is 5.28. The molecule has 26 heavy (non-hydrogen) atoms. The summed E-state index contributed by atoms with van der Waals surface area (Å²) in [4.78, 5) is 0. The predicted octanol–water partition coefficient (Wildman–Crippen LogP) is 4.72. The summed E-state index contributed by atoms with van der Waals surface area (Å²) >= 11 is 0. The molecule has 0 bridgehead atoms. The molecule has 4 nitrogen and oxygen atoms in total. The first-order chi connectivity index (χ1) is 12.3. The van der Waals surface area contributed by atoms with Crippen molar-refractivity contribution in [3.63, 3.8) is 0 Å². The van der Waals surface area contributed by atoms with Crippen molar-refractivity contribution < 1.29 is 8.42 Å². The first kappa shape index (κ1) is 18.8. The fourth-order valence-electron chi connectivity index (χ4n) is 3.14. The summed E-state index contributed by atoms with van der Waals surface area (Å²) in [5.74, 6) is 0. The number of hydrogen-bond donors (Lipinski definition) is 2. The lowest BCUT2D eigenvalue weighted by Gasteiger charge is -2.21. The Morgan fingerprint density at radius 1 is 0.962 bits per heavy atom. The summed E-state index contributed by atoms with van der Waals surface area (Å²) in [5, 5.41) is 3.54. The zero-order valence-corrected chi connectivity index (χ0v) is 16.6. The highest BCUT2D eigenvalue weighted by Crippen LogP contribution is 2.28. The molecule has 1 aliphatic rings. The second-order valence-electron chi connectivity index (χ2n) is 7.92. The lowest BCUT2D eigenvalue weighted by molar-refractivity contribution is 0.566. The maximum absolute atomic E-state index is 12.2. The van der Waals surface area contributed by atoms with Crippen molar-refractivity contribution in [2.45, 2.75) is 57.7 Å². The van der Waals surface area contributed by atoms with Gasteiger partial charge in [0.15, 0.2) is 0 Å². The quantitative estimate of drug-likeness (QED) is 0.798. The summed E-state index contributed by atoms with van der Waals surface area (Å²) in [5.41, 5.74) is 5.86. The van der Waals surface area contributed by atoms with E-state index in [9.17, 15) is 8.42 Å². The summed E-state index contributed by atoms with van der Waals surface area (Å²) in [6.07, 6.45) is 4.86. The van der Waals surface area contributed by atoms with Gasteiger partial charge in [-0.15, -0.1) is 0 Å². The molecular formula is C21H28N2O2S. The minimum Gasteiger partial charge on any atom is -0.381 e. The molecular weight excluding hydrogens is 344 g/mol. The molecule has 0 unspecified atom stereocenters. The number of fused-ring (bicyclic) bond motifs is 1. The molecule has 0 saturated heterocycles. The van der Waals surface area contributed by atoms with Crippen molar-refractivity contribution in [1.29, 1.82) is 0 Å². The van der Waals surface area contributed by atoms with Crippen LogP contribution in [0.3, 0.4) is 0 Å². The Bertz CT molecular complexity index is 866. The minimum atomic E-state index is -3.39. The van der Waals surface area contributed by atoms with Crippen LogP contribution in [-0.2, 0) is 29.4 Å².